The van der Waals surface area contributed by atoms with E-state index < -0.39 is 58.2 Å². The number of alkyl halides is 3. The van der Waals surface area contributed by atoms with Crippen molar-refractivity contribution in [2.45, 2.75) is 37.6 Å². The Morgan fingerprint density at radius 2 is 1.82 bits per heavy atom. The van der Waals surface area contributed by atoms with Crippen LogP contribution in [0.25, 0.3) is 16.7 Å². The van der Waals surface area contributed by atoms with Gasteiger partial charge in [0, 0.05) is 38.5 Å². The van der Waals surface area contributed by atoms with Gasteiger partial charge < -0.3 is 15.0 Å². The van der Waals surface area contributed by atoms with Gasteiger partial charge in [-0.15, -0.1) is 0 Å². The molecule has 1 unspecified atom stereocenters. The lowest BCUT2D eigenvalue weighted by molar-refractivity contribution is -0.158. The summed E-state index contributed by atoms with van der Waals surface area (Å²) in [7, 11) is 1.55. The molecule has 1 N–H and O–H groups in total. The Kier molecular flexibility index (Phi) is 6.58. The van der Waals surface area contributed by atoms with E-state index in [1.165, 1.54) is 12.1 Å². The van der Waals surface area contributed by atoms with Crippen LogP contribution in [0.15, 0.2) is 35.3 Å². The zero-order valence-corrected chi connectivity index (χ0v) is 20.0. The van der Waals surface area contributed by atoms with E-state index in [1.54, 1.807) is 7.11 Å². The maximum atomic E-state index is 14.9. The fourth-order valence-electron chi connectivity index (χ4n) is 4.71. The molecule has 1 saturated carbocycles. The lowest BCUT2D eigenvalue weighted by Gasteiger charge is -2.22. The van der Waals surface area contributed by atoms with Crippen LogP contribution in [0, 0.1) is 23.4 Å². The SMILES string of the molecule is CO[C@H]1CCN(c2ccc3c(=O)c(C(=O)NC(C4CC4)C(F)(F)F)cn(-c4c(F)cc(F)cc4F)c3n2)C1. The minimum atomic E-state index is -4.76. The molecular formula is C25H22F6N4O3. The Morgan fingerprint density at radius 3 is 2.39 bits per heavy atom. The van der Waals surface area contributed by atoms with Gasteiger partial charge in [0.25, 0.3) is 5.91 Å². The van der Waals surface area contributed by atoms with Gasteiger partial charge in [0.2, 0.25) is 5.43 Å². The predicted octanol–water partition coefficient (Wildman–Crippen LogP) is 4.10. The summed E-state index contributed by atoms with van der Waals surface area (Å²) in [6.45, 7) is 1.000. The van der Waals surface area contributed by atoms with Gasteiger partial charge in [0.1, 0.15) is 28.9 Å². The quantitative estimate of drug-likeness (QED) is 0.477. The van der Waals surface area contributed by atoms with Crippen LogP contribution in [-0.4, -0.2) is 54.0 Å². The number of nitrogens with zero attached hydrogens (tertiary/aromatic N) is 3. The molecule has 5 rings (SSSR count). The van der Waals surface area contributed by atoms with E-state index in [4.69, 9.17) is 4.74 Å². The topological polar surface area (TPSA) is 76.5 Å². The van der Waals surface area contributed by atoms with Crippen molar-refractivity contribution < 1.29 is 35.9 Å². The summed E-state index contributed by atoms with van der Waals surface area (Å²) in [6, 6.07) is 1.38. The summed E-state index contributed by atoms with van der Waals surface area (Å²) in [5, 5.41) is 1.60. The van der Waals surface area contributed by atoms with Crippen molar-refractivity contribution in [2.24, 2.45) is 5.92 Å². The third-order valence-electron chi connectivity index (χ3n) is 6.84. The minimum absolute atomic E-state index is 0.0826. The Bertz CT molecular complexity index is 1450. The summed E-state index contributed by atoms with van der Waals surface area (Å²) >= 11 is 0. The van der Waals surface area contributed by atoms with Crippen molar-refractivity contribution in [3.63, 3.8) is 0 Å². The smallest absolute Gasteiger partial charge is 0.380 e. The highest BCUT2D eigenvalue weighted by Crippen LogP contribution is 2.40. The molecule has 202 valence electrons. The second kappa shape index (κ2) is 9.61. The van der Waals surface area contributed by atoms with Gasteiger partial charge in [0.05, 0.1) is 11.5 Å². The van der Waals surface area contributed by atoms with Gasteiger partial charge in [-0.2, -0.15) is 13.2 Å². The van der Waals surface area contributed by atoms with Crippen LogP contribution in [0.3, 0.4) is 0 Å². The van der Waals surface area contributed by atoms with E-state index in [9.17, 15) is 35.9 Å². The van der Waals surface area contributed by atoms with Gasteiger partial charge in [-0.05, 0) is 37.3 Å². The lowest BCUT2D eigenvalue weighted by Crippen LogP contribution is -2.48. The van der Waals surface area contributed by atoms with Crippen LogP contribution in [0.2, 0.25) is 0 Å². The maximum absolute atomic E-state index is 14.9. The molecule has 3 heterocycles. The van der Waals surface area contributed by atoms with Crippen LogP contribution in [0.1, 0.15) is 29.6 Å². The third-order valence-corrected chi connectivity index (χ3v) is 6.84. The van der Waals surface area contributed by atoms with E-state index in [0.29, 0.717) is 37.5 Å². The molecule has 1 saturated heterocycles. The molecule has 38 heavy (non-hydrogen) atoms. The number of anilines is 1. The molecule has 1 amide bonds. The Balaban J connectivity index is 1.67. The number of carbonyl (C=O) groups excluding carboxylic acids is 1. The van der Waals surface area contributed by atoms with Gasteiger partial charge >= 0.3 is 6.18 Å². The van der Waals surface area contributed by atoms with Crippen molar-refractivity contribution >= 4 is 22.8 Å². The zero-order chi connectivity index (χ0) is 27.4. The van der Waals surface area contributed by atoms with Crippen LogP contribution < -0.4 is 15.6 Å². The molecule has 2 fully saturated rings. The number of ether oxygens (including phenoxy) is 1. The normalized spacial score (nSPS) is 18.7. The number of rotatable bonds is 6. The molecule has 13 heteroatoms. The number of hydrogen-bond donors (Lipinski definition) is 1. The minimum Gasteiger partial charge on any atom is -0.380 e. The van der Waals surface area contributed by atoms with E-state index in [-0.39, 0.29) is 30.0 Å². The first kappa shape index (κ1) is 26.0. The number of pyridine rings is 2. The van der Waals surface area contributed by atoms with E-state index in [1.807, 2.05) is 10.2 Å². The highest BCUT2D eigenvalue weighted by atomic mass is 19.4. The summed E-state index contributed by atoms with van der Waals surface area (Å²) in [5.41, 5.74) is -2.85. The number of amides is 1. The van der Waals surface area contributed by atoms with Crippen molar-refractivity contribution in [2.75, 3.05) is 25.1 Å². The molecule has 1 aromatic carbocycles. The molecule has 3 aromatic rings. The summed E-state index contributed by atoms with van der Waals surface area (Å²) in [5.74, 6) is -5.77. The fourth-order valence-corrected chi connectivity index (χ4v) is 4.71. The summed E-state index contributed by atoms with van der Waals surface area (Å²) < 4.78 is 90.0. The average Bonchev–Trinajstić information content (AvgIpc) is 3.57. The molecule has 2 atom stereocenters. The number of benzene rings is 1. The highest BCUT2D eigenvalue weighted by molar-refractivity contribution is 5.97. The Morgan fingerprint density at radius 1 is 1.13 bits per heavy atom. The van der Waals surface area contributed by atoms with Gasteiger partial charge in [-0.25, -0.2) is 18.2 Å². The molecule has 1 aliphatic carbocycles. The van der Waals surface area contributed by atoms with Gasteiger partial charge in [-0.1, -0.05) is 0 Å². The molecule has 2 aromatic heterocycles. The Labute approximate surface area is 212 Å². The summed E-state index contributed by atoms with van der Waals surface area (Å²) in [4.78, 5) is 32.4. The highest BCUT2D eigenvalue weighted by Gasteiger charge is 2.50. The number of nitrogens with one attached hydrogen (secondary N) is 1. The zero-order valence-electron chi connectivity index (χ0n) is 20.0. The van der Waals surface area contributed by atoms with Crippen molar-refractivity contribution in [3.05, 3.63) is 63.7 Å². The van der Waals surface area contributed by atoms with Crippen molar-refractivity contribution in [1.82, 2.24) is 14.9 Å². The first-order valence-corrected chi connectivity index (χ1v) is 11.8. The van der Waals surface area contributed by atoms with Crippen LogP contribution >= 0.6 is 0 Å². The van der Waals surface area contributed by atoms with Gasteiger partial charge in [-0.3, -0.25) is 14.2 Å². The second-order valence-corrected chi connectivity index (χ2v) is 9.42. The molecule has 7 nitrogen and oxygen atoms in total. The number of carbonyl (C=O) groups is 1. The van der Waals surface area contributed by atoms with E-state index in [2.05, 4.69) is 4.98 Å². The van der Waals surface area contributed by atoms with Crippen LogP contribution in [-0.2, 0) is 4.74 Å². The fraction of sp³-hybridized carbons (Fsp3) is 0.400. The predicted molar refractivity (Wildman–Crippen MR) is 125 cm³/mol. The standard InChI is InChI=1S/C25H22F6N4O3/c1-38-14-6-7-34(10-14)19-5-4-15-21(36)16(24(37)33-22(12-2-3-12)25(29,30)31)11-35(23(15)32-19)20-17(27)8-13(26)9-18(20)28/h4-5,8-9,11-12,14,22H,2-3,6-7,10H2,1H3,(H,33,37)/t14-,22?/m0/s1. The lowest BCUT2D eigenvalue weighted by atomic mass is 10.1. The molecule has 0 radical (unpaired) electrons. The Hall–Kier alpha value is -3.61. The average molecular weight is 540 g/mol. The van der Waals surface area contributed by atoms with Crippen LogP contribution in [0.4, 0.5) is 32.2 Å². The molecule has 0 bridgehead atoms. The number of fused-ring (bicyclic) bond motifs is 1. The second-order valence-electron chi connectivity index (χ2n) is 9.42. The van der Waals surface area contributed by atoms with Crippen molar-refractivity contribution in [3.8, 4) is 5.69 Å². The molecular weight excluding hydrogens is 518 g/mol. The van der Waals surface area contributed by atoms with E-state index in [0.717, 1.165) is 10.8 Å². The van der Waals surface area contributed by atoms with E-state index >= 15 is 0 Å². The number of halogens is 6. The third kappa shape index (κ3) is 4.82. The largest absolute Gasteiger partial charge is 0.408 e. The number of hydrogen-bond acceptors (Lipinski definition) is 5. The first-order chi connectivity index (χ1) is 18.0. The maximum Gasteiger partial charge on any atom is 0.408 e. The number of methoxy groups -OCH3 is 1. The number of aromatic nitrogens is 2. The summed E-state index contributed by atoms with van der Waals surface area (Å²) in [6.07, 6.45) is -2.91. The van der Waals surface area contributed by atoms with Crippen LogP contribution in [0.5, 0.6) is 0 Å². The first-order valence-electron chi connectivity index (χ1n) is 11.8. The molecule has 1 aliphatic heterocycles. The molecule has 0 spiro atoms. The monoisotopic (exact) mass is 540 g/mol. The van der Waals surface area contributed by atoms with Crippen molar-refractivity contribution in [1.29, 1.82) is 0 Å². The molecule has 2 aliphatic rings. The van der Waals surface area contributed by atoms with Gasteiger partial charge in [0.15, 0.2) is 17.3 Å².